The number of aliphatic hydroxyl groups is 2. The van der Waals surface area contributed by atoms with Crippen molar-refractivity contribution in [2.24, 2.45) is 0 Å². The number of allylic oxidation sites excluding steroid dienone is 4. The first-order valence-electron chi connectivity index (χ1n) is 21.5. The molecule has 1 amide bonds. The lowest BCUT2D eigenvalue weighted by atomic mass is 10.0. The number of amides is 1. The predicted molar refractivity (Wildman–Crippen MR) is 212 cm³/mol. The molecule has 0 aliphatic carbocycles. The van der Waals surface area contributed by atoms with E-state index in [9.17, 15) is 15.0 Å². The van der Waals surface area contributed by atoms with Gasteiger partial charge in [-0.15, -0.1) is 0 Å². The zero-order valence-electron chi connectivity index (χ0n) is 32.5. The van der Waals surface area contributed by atoms with Crippen LogP contribution >= 0.6 is 0 Å². The quantitative estimate of drug-likeness (QED) is 0.0448. The van der Waals surface area contributed by atoms with Gasteiger partial charge in [0, 0.05) is 6.42 Å². The van der Waals surface area contributed by atoms with Crippen LogP contribution in [0.2, 0.25) is 0 Å². The van der Waals surface area contributed by atoms with Crippen LogP contribution in [0.5, 0.6) is 0 Å². The van der Waals surface area contributed by atoms with E-state index in [1.54, 1.807) is 0 Å². The van der Waals surface area contributed by atoms with Crippen molar-refractivity contribution >= 4 is 5.91 Å². The first-order valence-corrected chi connectivity index (χ1v) is 21.5. The highest BCUT2D eigenvalue weighted by molar-refractivity contribution is 5.76. The maximum Gasteiger partial charge on any atom is 0.220 e. The summed E-state index contributed by atoms with van der Waals surface area (Å²) in [5, 5.41) is 23.0. The van der Waals surface area contributed by atoms with E-state index in [4.69, 9.17) is 0 Å². The van der Waals surface area contributed by atoms with Crippen LogP contribution in [0.3, 0.4) is 0 Å². The molecule has 0 aromatic carbocycles. The summed E-state index contributed by atoms with van der Waals surface area (Å²) < 4.78 is 0. The van der Waals surface area contributed by atoms with Gasteiger partial charge >= 0.3 is 0 Å². The van der Waals surface area contributed by atoms with E-state index in [0.717, 1.165) is 32.1 Å². The van der Waals surface area contributed by atoms with E-state index in [2.05, 4.69) is 43.5 Å². The first-order chi connectivity index (χ1) is 23.7. The Morgan fingerprint density at radius 3 is 1.25 bits per heavy atom. The van der Waals surface area contributed by atoms with Crippen molar-refractivity contribution in [2.75, 3.05) is 6.61 Å². The molecule has 0 radical (unpaired) electrons. The third-order valence-electron chi connectivity index (χ3n) is 9.97. The van der Waals surface area contributed by atoms with Gasteiger partial charge in [-0.1, -0.05) is 205 Å². The molecule has 4 heteroatoms. The van der Waals surface area contributed by atoms with Gasteiger partial charge in [0.15, 0.2) is 0 Å². The number of unbranched alkanes of at least 4 members (excludes halogenated alkanes) is 28. The molecule has 0 aromatic heterocycles. The molecule has 0 fully saturated rings. The summed E-state index contributed by atoms with van der Waals surface area (Å²) in [7, 11) is 0. The summed E-state index contributed by atoms with van der Waals surface area (Å²) >= 11 is 0. The minimum atomic E-state index is -0.654. The number of carbonyl (C=O) groups is 1. The van der Waals surface area contributed by atoms with Crippen molar-refractivity contribution in [3.05, 3.63) is 24.3 Å². The van der Waals surface area contributed by atoms with E-state index in [-0.39, 0.29) is 12.5 Å². The van der Waals surface area contributed by atoms with Crippen LogP contribution in [0.4, 0.5) is 0 Å². The van der Waals surface area contributed by atoms with Crippen LogP contribution in [-0.4, -0.2) is 34.9 Å². The summed E-state index contributed by atoms with van der Waals surface area (Å²) in [5.74, 6) is -0.0326. The minimum Gasteiger partial charge on any atom is -0.394 e. The van der Waals surface area contributed by atoms with Crippen molar-refractivity contribution in [1.29, 1.82) is 0 Å². The third kappa shape index (κ3) is 36.2. The fourth-order valence-corrected chi connectivity index (χ4v) is 6.63. The second-order valence-corrected chi connectivity index (χ2v) is 14.8. The molecular weight excluding hydrogens is 590 g/mol. The van der Waals surface area contributed by atoms with E-state index in [1.807, 2.05) is 0 Å². The van der Waals surface area contributed by atoms with Gasteiger partial charge < -0.3 is 15.5 Å². The molecule has 2 unspecified atom stereocenters. The molecule has 4 nitrogen and oxygen atoms in total. The Bertz CT molecular complexity index is 691. The van der Waals surface area contributed by atoms with Crippen molar-refractivity contribution in [3.8, 4) is 0 Å². The normalized spacial score (nSPS) is 13.2. The largest absolute Gasteiger partial charge is 0.394 e. The number of nitrogens with one attached hydrogen (secondary N) is 1. The van der Waals surface area contributed by atoms with Gasteiger partial charge in [0.1, 0.15) is 0 Å². The fourth-order valence-electron chi connectivity index (χ4n) is 6.63. The Kier molecular flexibility index (Phi) is 39.4. The van der Waals surface area contributed by atoms with Crippen molar-refractivity contribution in [1.82, 2.24) is 5.32 Å². The molecule has 2 atom stereocenters. The zero-order chi connectivity index (χ0) is 35.0. The molecule has 48 heavy (non-hydrogen) atoms. The lowest BCUT2D eigenvalue weighted by Crippen LogP contribution is -2.45. The molecule has 0 aliphatic rings. The minimum absolute atomic E-state index is 0.0326. The standard InChI is InChI=1S/C44H85NO3/c1-3-5-7-9-11-13-14-15-16-17-18-19-20-21-22-23-24-25-26-27-28-29-30-32-34-36-38-40-44(48)45-42(41-46)43(47)39-37-35-33-31-12-10-8-6-4-2/h14-15,17-18,42-43,46-47H,3-13,16,19-41H2,1-2H3,(H,45,48)/b15-14-,18-17-. The predicted octanol–water partition coefficient (Wildman–Crippen LogP) is 13.2. The average molecular weight is 676 g/mol. The summed E-state index contributed by atoms with van der Waals surface area (Å²) in [6, 6.07) is -0.531. The maximum absolute atomic E-state index is 12.3. The fraction of sp³-hybridized carbons (Fsp3) is 0.886. The number of aliphatic hydroxyl groups excluding tert-OH is 2. The van der Waals surface area contributed by atoms with Gasteiger partial charge in [-0.25, -0.2) is 0 Å². The Hall–Kier alpha value is -1.13. The average Bonchev–Trinajstić information content (AvgIpc) is 3.09. The highest BCUT2D eigenvalue weighted by atomic mass is 16.3. The van der Waals surface area contributed by atoms with E-state index in [1.165, 1.54) is 173 Å². The molecular formula is C44H85NO3. The van der Waals surface area contributed by atoms with Gasteiger partial charge in [0.25, 0.3) is 0 Å². The summed E-state index contributed by atoms with van der Waals surface area (Å²) in [6.45, 7) is 4.33. The van der Waals surface area contributed by atoms with Crippen LogP contribution in [0, 0.1) is 0 Å². The maximum atomic E-state index is 12.3. The molecule has 284 valence electrons. The summed E-state index contributed by atoms with van der Waals surface area (Å²) in [6.07, 6.45) is 51.2. The SMILES string of the molecule is CCCCCCC/C=C\C/C=C\CCCCCCCCCCCCCCCCCC(=O)NC(CO)C(O)CCCCCCCCCCC. The summed E-state index contributed by atoms with van der Waals surface area (Å²) in [4.78, 5) is 12.3. The van der Waals surface area contributed by atoms with Crippen molar-refractivity contribution in [2.45, 2.75) is 244 Å². The van der Waals surface area contributed by atoms with Crippen molar-refractivity contribution < 1.29 is 15.0 Å². The molecule has 0 spiro atoms. The Morgan fingerprint density at radius 1 is 0.500 bits per heavy atom. The number of rotatable bonds is 39. The Balaban J connectivity index is 3.43. The number of hydrogen-bond acceptors (Lipinski definition) is 3. The number of hydrogen-bond donors (Lipinski definition) is 3. The molecule has 0 rings (SSSR count). The smallest absolute Gasteiger partial charge is 0.220 e. The summed E-state index contributed by atoms with van der Waals surface area (Å²) in [5.41, 5.74) is 0. The van der Waals surface area contributed by atoms with Crippen molar-refractivity contribution in [3.63, 3.8) is 0 Å². The molecule has 0 saturated heterocycles. The monoisotopic (exact) mass is 676 g/mol. The van der Waals surface area contributed by atoms with Gasteiger partial charge in [-0.2, -0.15) is 0 Å². The number of carbonyl (C=O) groups excluding carboxylic acids is 1. The van der Waals surface area contributed by atoms with Crippen LogP contribution in [0.15, 0.2) is 24.3 Å². The molecule has 0 heterocycles. The van der Waals surface area contributed by atoms with E-state index >= 15 is 0 Å². The second-order valence-electron chi connectivity index (χ2n) is 14.8. The van der Waals surface area contributed by atoms with E-state index in [0.29, 0.717) is 12.8 Å². The third-order valence-corrected chi connectivity index (χ3v) is 9.97. The lowest BCUT2D eigenvalue weighted by molar-refractivity contribution is -0.123. The Labute approximate surface area is 300 Å². The van der Waals surface area contributed by atoms with Gasteiger partial charge in [-0.05, 0) is 44.9 Å². The van der Waals surface area contributed by atoms with Gasteiger partial charge in [-0.3, -0.25) is 4.79 Å². The first kappa shape index (κ1) is 46.9. The molecule has 0 bridgehead atoms. The van der Waals surface area contributed by atoms with Crippen LogP contribution < -0.4 is 5.32 Å². The molecule has 0 aromatic rings. The van der Waals surface area contributed by atoms with Crippen LogP contribution in [0.1, 0.15) is 232 Å². The zero-order valence-corrected chi connectivity index (χ0v) is 32.5. The van der Waals surface area contributed by atoms with Crippen LogP contribution in [0.25, 0.3) is 0 Å². The van der Waals surface area contributed by atoms with E-state index < -0.39 is 12.1 Å². The second kappa shape index (κ2) is 40.3. The highest BCUT2D eigenvalue weighted by Gasteiger charge is 2.19. The highest BCUT2D eigenvalue weighted by Crippen LogP contribution is 2.15. The van der Waals surface area contributed by atoms with Crippen LogP contribution in [-0.2, 0) is 4.79 Å². The Morgan fingerprint density at radius 2 is 0.854 bits per heavy atom. The molecule has 3 N–H and O–H groups in total. The lowest BCUT2D eigenvalue weighted by Gasteiger charge is -2.22. The molecule has 0 saturated carbocycles. The molecule has 0 aliphatic heterocycles. The van der Waals surface area contributed by atoms with Gasteiger partial charge in [0.2, 0.25) is 5.91 Å². The topological polar surface area (TPSA) is 69.6 Å². The van der Waals surface area contributed by atoms with Gasteiger partial charge in [0.05, 0.1) is 18.8 Å².